The monoisotopic (exact) mass is 351 g/mol. The molecule has 0 unspecified atom stereocenters. The summed E-state index contributed by atoms with van der Waals surface area (Å²) in [6.07, 6.45) is -1.40. The number of nitrogens with zero attached hydrogens (tertiary/aromatic N) is 2. The average Bonchev–Trinajstić information content (AvgIpc) is 2.85. The predicted octanol–water partition coefficient (Wildman–Crippen LogP) is 1.42. The number of rotatable bonds is 3. The Morgan fingerprint density at radius 1 is 1.36 bits per heavy atom. The van der Waals surface area contributed by atoms with Gasteiger partial charge in [-0.1, -0.05) is 0 Å². The zero-order chi connectivity index (χ0) is 18.1. The quantitative estimate of drug-likeness (QED) is 0.890. The van der Waals surface area contributed by atoms with Gasteiger partial charge in [0, 0.05) is 20.4 Å². The zero-order valence-corrected chi connectivity index (χ0v) is 13.9. The number of fused-ring (bicyclic) bond motifs is 1. The summed E-state index contributed by atoms with van der Waals surface area (Å²) in [7, 11) is 1.43. The molecule has 2 heterocycles. The largest absolute Gasteiger partial charge is 0.449 e. The van der Waals surface area contributed by atoms with Crippen LogP contribution in [0.4, 0.5) is 25.4 Å². The van der Waals surface area contributed by atoms with Gasteiger partial charge < -0.3 is 14.8 Å². The van der Waals surface area contributed by atoms with Crippen LogP contribution in [0.25, 0.3) is 0 Å². The third-order valence-corrected chi connectivity index (χ3v) is 4.10. The lowest BCUT2D eigenvalue weighted by Gasteiger charge is -2.20. The Hall–Kier alpha value is -2.84. The highest BCUT2D eigenvalue weighted by Gasteiger charge is 2.34. The third-order valence-electron chi connectivity index (χ3n) is 4.10. The fraction of sp³-hybridized carbons (Fsp3) is 0.438. The fourth-order valence-electron chi connectivity index (χ4n) is 2.89. The Labute approximate surface area is 143 Å². The van der Waals surface area contributed by atoms with Gasteiger partial charge in [0.15, 0.2) is 0 Å². The molecule has 8 nitrogen and oxygen atoms in total. The lowest BCUT2D eigenvalue weighted by Crippen LogP contribution is -2.33. The van der Waals surface area contributed by atoms with Crippen molar-refractivity contribution in [3.05, 3.63) is 23.5 Å². The number of anilines is 2. The van der Waals surface area contributed by atoms with Gasteiger partial charge in [-0.25, -0.2) is 14.0 Å². The van der Waals surface area contributed by atoms with Gasteiger partial charge in [0.05, 0.1) is 31.1 Å². The molecule has 0 aromatic heterocycles. The van der Waals surface area contributed by atoms with Crippen LogP contribution in [0.1, 0.15) is 12.5 Å². The number of carbonyl (C=O) groups is 3. The van der Waals surface area contributed by atoms with Gasteiger partial charge in [-0.05, 0) is 17.7 Å². The van der Waals surface area contributed by atoms with Crippen molar-refractivity contribution in [1.82, 2.24) is 5.32 Å². The second-order valence-electron chi connectivity index (χ2n) is 5.91. The highest BCUT2D eigenvalue weighted by atomic mass is 19.1. The van der Waals surface area contributed by atoms with E-state index in [1.807, 2.05) is 0 Å². The zero-order valence-electron chi connectivity index (χ0n) is 13.9. The number of nitrogens with one attached hydrogen (secondary N) is 1. The highest BCUT2D eigenvalue weighted by molar-refractivity contribution is 5.93. The standard InChI is InChI=1S/C16H18FN3O5/c1-9(21)18-7-12-8-20(16(23)25-12)11-5-10-3-4-24-15(22)19(2)14(10)13(17)6-11/h5-6,12H,3-4,7-8H2,1-2H3,(H,18,21)/t12-/m0/s1. The van der Waals surface area contributed by atoms with Crippen LogP contribution < -0.4 is 15.1 Å². The minimum Gasteiger partial charge on any atom is -0.449 e. The summed E-state index contributed by atoms with van der Waals surface area (Å²) in [6.45, 7) is 1.89. The van der Waals surface area contributed by atoms with Crippen LogP contribution in [0.2, 0.25) is 0 Å². The molecule has 1 aromatic rings. The van der Waals surface area contributed by atoms with Gasteiger partial charge in [0.1, 0.15) is 11.9 Å². The molecule has 0 saturated carbocycles. The molecule has 25 heavy (non-hydrogen) atoms. The number of hydrogen-bond donors (Lipinski definition) is 1. The van der Waals surface area contributed by atoms with Crippen molar-refractivity contribution in [2.45, 2.75) is 19.4 Å². The molecule has 0 bridgehead atoms. The number of hydrogen-bond acceptors (Lipinski definition) is 5. The van der Waals surface area contributed by atoms with E-state index < -0.39 is 24.1 Å². The molecule has 1 N–H and O–H groups in total. The van der Waals surface area contributed by atoms with Gasteiger partial charge in [0.25, 0.3) is 0 Å². The molecule has 0 spiro atoms. The molecule has 9 heteroatoms. The maximum Gasteiger partial charge on any atom is 0.414 e. The van der Waals surface area contributed by atoms with E-state index in [2.05, 4.69) is 5.32 Å². The molecule has 1 aromatic carbocycles. The molecule has 134 valence electrons. The maximum atomic E-state index is 14.6. The molecule has 3 amide bonds. The van der Waals surface area contributed by atoms with Gasteiger partial charge in [-0.15, -0.1) is 0 Å². The summed E-state index contributed by atoms with van der Waals surface area (Å²) in [6, 6.07) is 2.84. The van der Waals surface area contributed by atoms with Crippen LogP contribution in [-0.4, -0.2) is 50.9 Å². The number of benzene rings is 1. The van der Waals surface area contributed by atoms with E-state index >= 15 is 0 Å². The first kappa shape index (κ1) is 17.0. The van der Waals surface area contributed by atoms with Crippen LogP contribution in [0.15, 0.2) is 12.1 Å². The summed E-state index contributed by atoms with van der Waals surface area (Å²) >= 11 is 0. The Morgan fingerprint density at radius 2 is 2.12 bits per heavy atom. The van der Waals surface area contributed by atoms with E-state index in [0.29, 0.717) is 17.7 Å². The van der Waals surface area contributed by atoms with Gasteiger partial charge in [-0.3, -0.25) is 14.6 Å². The molecule has 1 saturated heterocycles. The Bertz CT molecular complexity index is 739. The molecule has 1 fully saturated rings. The number of halogens is 1. The highest BCUT2D eigenvalue weighted by Crippen LogP contribution is 2.33. The van der Waals surface area contributed by atoms with E-state index in [-0.39, 0.29) is 31.3 Å². The molecule has 2 aliphatic rings. The molecular weight excluding hydrogens is 333 g/mol. The van der Waals surface area contributed by atoms with E-state index in [4.69, 9.17) is 9.47 Å². The van der Waals surface area contributed by atoms with Gasteiger partial charge in [0.2, 0.25) is 5.91 Å². The molecule has 0 aliphatic carbocycles. The van der Waals surface area contributed by atoms with Crippen LogP contribution in [0, 0.1) is 5.82 Å². The molecule has 1 atom stereocenters. The average molecular weight is 351 g/mol. The Kier molecular flexibility index (Phi) is 4.47. The number of amides is 3. The molecular formula is C16H18FN3O5. The second kappa shape index (κ2) is 6.58. The minimum atomic E-state index is -0.624. The minimum absolute atomic E-state index is 0.134. The second-order valence-corrected chi connectivity index (χ2v) is 5.91. The van der Waals surface area contributed by atoms with Crippen molar-refractivity contribution >= 4 is 29.5 Å². The van der Waals surface area contributed by atoms with Gasteiger partial charge >= 0.3 is 12.2 Å². The summed E-state index contributed by atoms with van der Waals surface area (Å²) in [5, 5.41) is 2.58. The van der Waals surface area contributed by atoms with Crippen molar-refractivity contribution in [3.63, 3.8) is 0 Å². The van der Waals surface area contributed by atoms with Crippen LogP contribution in [0.5, 0.6) is 0 Å². The normalized spacial score (nSPS) is 19.9. The predicted molar refractivity (Wildman–Crippen MR) is 86.2 cm³/mol. The van der Waals surface area contributed by atoms with Crippen molar-refractivity contribution in [3.8, 4) is 0 Å². The molecule has 3 rings (SSSR count). The van der Waals surface area contributed by atoms with E-state index in [0.717, 1.165) is 4.90 Å². The summed E-state index contributed by atoms with van der Waals surface area (Å²) < 4.78 is 24.8. The smallest absolute Gasteiger partial charge is 0.414 e. The Balaban J connectivity index is 1.85. The Morgan fingerprint density at radius 3 is 2.84 bits per heavy atom. The first-order valence-corrected chi connectivity index (χ1v) is 7.82. The van der Waals surface area contributed by atoms with Crippen molar-refractivity contribution < 1.29 is 28.2 Å². The lowest BCUT2D eigenvalue weighted by atomic mass is 10.1. The number of ether oxygens (including phenoxy) is 2. The van der Waals surface area contributed by atoms with Crippen molar-refractivity contribution in [2.24, 2.45) is 0 Å². The van der Waals surface area contributed by atoms with Crippen molar-refractivity contribution in [2.75, 3.05) is 36.5 Å². The van der Waals surface area contributed by atoms with E-state index in [1.165, 1.54) is 24.9 Å². The number of cyclic esters (lactones) is 2. The van der Waals surface area contributed by atoms with Crippen molar-refractivity contribution in [1.29, 1.82) is 0 Å². The fourth-order valence-corrected chi connectivity index (χ4v) is 2.89. The van der Waals surface area contributed by atoms with Crippen LogP contribution >= 0.6 is 0 Å². The molecule has 2 aliphatic heterocycles. The summed E-state index contributed by atoms with van der Waals surface area (Å²) in [4.78, 5) is 37.2. The molecule has 0 radical (unpaired) electrons. The van der Waals surface area contributed by atoms with Crippen LogP contribution in [0.3, 0.4) is 0 Å². The van der Waals surface area contributed by atoms with E-state index in [1.54, 1.807) is 6.07 Å². The SMILES string of the molecule is CC(=O)NC[C@H]1CN(c2cc(F)c3c(c2)CCOC(=O)N3C)C(=O)O1. The first-order valence-electron chi connectivity index (χ1n) is 7.82. The first-order chi connectivity index (χ1) is 11.9. The van der Waals surface area contributed by atoms with E-state index in [9.17, 15) is 18.8 Å². The summed E-state index contributed by atoms with van der Waals surface area (Å²) in [5.41, 5.74) is 1.06. The van der Waals surface area contributed by atoms with Crippen LogP contribution in [-0.2, 0) is 20.7 Å². The third kappa shape index (κ3) is 3.35. The van der Waals surface area contributed by atoms with Gasteiger partial charge in [-0.2, -0.15) is 0 Å². The number of carbonyl (C=O) groups excluding carboxylic acids is 3. The lowest BCUT2D eigenvalue weighted by molar-refractivity contribution is -0.119. The topological polar surface area (TPSA) is 88.2 Å². The maximum absolute atomic E-state index is 14.6. The summed E-state index contributed by atoms with van der Waals surface area (Å²) in [5.74, 6) is -0.842.